The van der Waals surface area contributed by atoms with E-state index in [4.69, 9.17) is 4.74 Å². The number of aromatic hydroxyl groups is 1. The number of rotatable bonds is 7. The molecule has 0 radical (unpaired) electrons. The highest BCUT2D eigenvalue weighted by Crippen LogP contribution is 2.36. The molecule has 1 saturated heterocycles. The Balaban J connectivity index is 1.30. The summed E-state index contributed by atoms with van der Waals surface area (Å²) in [5.74, 6) is 1.27. The number of nitrogens with zero attached hydrogens (tertiary/aromatic N) is 3. The molecule has 1 aromatic heterocycles. The van der Waals surface area contributed by atoms with Crippen LogP contribution in [0.2, 0.25) is 0 Å². The number of amides is 1. The van der Waals surface area contributed by atoms with Crippen LogP contribution in [-0.2, 0) is 13.1 Å². The third-order valence-electron chi connectivity index (χ3n) is 6.82. The van der Waals surface area contributed by atoms with Gasteiger partial charge in [-0.1, -0.05) is 12.1 Å². The molecule has 2 bridgehead atoms. The fraction of sp³-hybridized carbons (Fsp3) is 0.321. The molecule has 36 heavy (non-hydrogen) atoms. The van der Waals surface area contributed by atoms with E-state index in [0.717, 1.165) is 55.2 Å². The summed E-state index contributed by atoms with van der Waals surface area (Å²) < 4.78 is 7.85. The van der Waals surface area contributed by atoms with E-state index in [1.165, 1.54) is 12.1 Å². The van der Waals surface area contributed by atoms with Crippen molar-refractivity contribution < 1.29 is 14.6 Å². The average molecular weight is 487 g/mol. The van der Waals surface area contributed by atoms with Gasteiger partial charge in [0.05, 0.1) is 12.8 Å². The van der Waals surface area contributed by atoms with E-state index in [1.807, 2.05) is 35.8 Å². The lowest BCUT2D eigenvalue weighted by Crippen LogP contribution is -2.46. The summed E-state index contributed by atoms with van der Waals surface area (Å²) in [5.41, 5.74) is 5.98. The van der Waals surface area contributed by atoms with E-state index in [-0.39, 0.29) is 11.3 Å². The van der Waals surface area contributed by atoms with Gasteiger partial charge >= 0.3 is 0 Å². The van der Waals surface area contributed by atoms with Crippen molar-refractivity contribution in [2.24, 2.45) is 11.0 Å². The maximum absolute atomic E-state index is 12.3. The van der Waals surface area contributed by atoms with E-state index >= 15 is 0 Å². The van der Waals surface area contributed by atoms with Gasteiger partial charge in [-0.3, -0.25) is 14.5 Å². The van der Waals surface area contributed by atoms with Gasteiger partial charge in [0.2, 0.25) is 0 Å². The van der Waals surface area contributed by atoms with Crippen LogP contribution in [-0.4, -0.2) is 46.4 Å². The molecule has 8 nitrogen and oxygen atoms in total. The van der Waals surface area contributed by atoms with Crippen molar-refractivity contribution in [1.29, 1.82) is 0 Å². The van der Waals surface area contributed by atoms with Crippen LogP contribution >= 0.6 is 0 Å². The Bertz CT molecular complexity index is 1350. The molecule has 186 valence electrons. The smallest absolute Gasteiger partial charge is 0.271 e. The van der Waals surface area contributed by atoms with Crippen molar-refractivity contribution in [3.63, 3.8) is 0 Å². The highest BCUT2D eigenvalue weighted by atomic mass is 16.5. The first-order valence-electron chi connectivity index (χ1n) is 12.3. The summed E-state index contributed by atoms with van der Waals surface area (Å²) in [6.45, 7) is 5.87. The predicted octanol–water partition coefficient (Wildman–Crippen LogP) is 3.34. The van der Waals surface area contributed by atoms with Crippen LogP contribution in [0.4, 0.5) is 0 Å². The molecule has 8 heteroatoms. The minimum Gasteiger partial charge on any atom is -0.508 e. The maximum atomic E-state index is 12.3. The van der Waals surface area contributed by atoms with Gasteiger partial charge in [-0.2, -0.15) is 5.10 Å². The molecule has 1 fully saturated rings. The minimum absolute atomic E-state index is 0.0280. The van der Waals surface area contributed by atoms with E-state index in [1.54, 1.807) is 24.4 Å². The quantitative estimate of drug-likeness (QED) is 0.395. The highest BCUT2D eigenvalue weighted by molar-refractivity contribution is 5.95. The van der Waals surface area contributed by atoms with Crippen LogP contribution in [0.3, 0.4) is 0 Å². The molecule has 0 aliphatic carbocycles. The molecular formula is C28H30N4O4. The second-order valence-electron chi connectivity index (χ2n) is 9.44. The van der Waals surface area contributed by atoms with E-state index in [0.29, 0.717) is 24.0 Å². The third-order valence-corrected chi connectivity index (χ3v) is 6.82. The number of carbonyl (C=O) groups excluding carboxylic acids is 1. The Morgan fingerprint density at radius 2 is 2.00 bits per heavy atom. The van der Waals surface area contributed by atoms with Crippen molar-refractivity contribution in [3.8, 4) is 11.5 Å². The first-order valence-corrected chi connectivity index (χ1v) is 12.3. The lowest BCUT2D eigenvalue weighted by molar-refractivity contribution is 0.0954. The topological polar surface area (TPSA) is 96.2 Å². The second kappa shape index (κ2) is 10.4. The zero-order chi connectivity index (χ0) is 25.1. The largest absolute Gasteiger partial charge is 0.508 e. The molecular weight excluding hydrogens is 456 g/mol. The molecule has 2 N–H and O–H groups in total. The molecule has 3 aromatic rings. The predicted molar refractivity (Wildman–Crippen MR) is 138 cm³/mol. The summed E-state index contributed by atoms with van der Waals surface area (Å²) in [6.07, 6.45) is 2.72. The number of pyridine rings is 1. The van der Waals surface area contributed by atoms with Crippen LogP contribution in [0.1, 0.15) is 46.4 Å². The number of nitrogens with one attached hydrogen (secondary N) is 1. The Morgan fingerprint density at radius 1 is 1.14 bits per heavy atom. The number of fused-ring (bicyclic) bond motifs is 4. The van der Waals surface area contributed by atoms with Gasteiger partial charge in [-0.15, -0.1) is 0 Å². The zero-order valence-electron chi connectivity index (χ0n) is 20.3. The average Bonchev–Trinajstić information content (AvgIpc) is 2.86. The molecule has 2 atom stereocenters. The zero-order valence-corrected chi connectivity index (χ0v) is 20.3. The molecule has 1 amide bonds. The Hall–Kier alpha value is -3.91. The van der Waals surface area contributed by atoms with Crippen molar-refractivity contribution in [3.05, 3.63) is 93.4 Å². The lowest BCUT2D eigenvalue weighted by Gasteiger charge is -2.43. The summed E-state index contributed by atoms with van der Waals surface area (Å²) in [7, 11) is 0. The highest BCUT2D eigenvalue weighted by Gasteiger charge is 2.34. The molecule has 0 saturated carbocycles. The number of likely N-dealkylation sites (tertiary alicyclic amines) is 1. The molecule has 3 heterocycles. The number of phenols is 1. The SMILES string of the molecule is CCOc1ccc(C=NNC(=O)c2cccc(O)c2)cc1CN1CC2CC(C1)c1cccc(=O)n1C2. The number of hydrogen-bond acceptors (Lipinski definition) is 6. The molecule has 2 aliphatic rings. The number of ether oxygens (including phenoxy) is 1. The maximum Gasteiger partial charge on any atom is 0.271 e. The Kier molecular flexibility index (Phi) is 6.86. The minimum atomic E-state index is -0.396. The summed E-state index contributed by atoms with van der Waals surface area (Å²) in [5, 5.41) is 13.7. The number of phenolic OH excluding ortho intramolecular Hbond substituents is 1. The van der Waals surface area contributed by atoms with Gasteiger partial charge in [0.25, 0.3) is 11.5 Å². The van der Waals surface area contributed by atoms with Gasteiger partial charge < -0.3 is 14.4 Å². The number of benzene rings is 2. The molecule has 2 aromatic carbocycles. The van der Waals surface area contributed by atoms with Gasteiger partial charge in [0, 0.05) is 55.0 Å². The number of carbonyl (C=O) groups is 1. The van der Waals surface area contributed by atoms with Crippen molar-refractivity contribution in [2.75, 3.05) is 19.7 Å². The van der Waals surface area contributed by atoms with Gasteiger partial charge in [0.15, 0.2) is 0 Å². The first kappa shape index (κ1) is 23.8. The second-order valence-corrected chi connectivity index (χ2v) is 9.44. The van der Waals surface area contributed by atoms with Crippen LogP contribution in [0.25, 0.3) is 0 Å². The van der Waals surface area contributed by atoms with E-state index in [9.17, 15) is 14.7 Å². The van der Waals surface area contributed by atoms with Crippen LogP contribution in [0.5, 0.6) is 11.5 Å². The molecule has 2 unspecified atom stereocenters. The van der Waals surface area contributed by atoms with E-state index < -0.39 is 5.91 Å². The first-order chi connectivity index (χ1) is 17.5. The standard InChI is InChI=1S/C28H30N4O4/c1-2-36-26-10-9-19(14-29-30-28(35)21-5-3-6-24(33)13-21)11-23(26)18-31-15-20-12-22(17-31)25-7-4-8-27(34)32(25)16-20/h3-11,13-14,20,22,33H,2,12,15-18H2,1H3,(H,30,35). The van der Waals surface area contributed by atoms with Crippen molar-refractivity contribution in [1.82, 2.24) is 14.9 Å². The number of piperidine rings is 1. The number of hydrazone groups is 1. The summed E-state index contributed by atoms with van der Waals surface area (Å²) in [4.78, 5) is 27.1. The monoisotopic (exact) mass is 486 g/mol. The van der Waals surface area contributed by atoms with Crippen LogP contribution in [0.15, 0.2) is 70.6 Å². The van der Waals surface area contributed by atoms with Crippen molar-refractivity contribution >= 4 is 12.1 Å². The Labute approximate surface area is 209 Å². The third kappa shape index (κ3) is 5.18. The lowest BCUT2D eigenvalue weighted by atomic mass is 9.83. The molecule has 0 spiro atoms. The van der Waals surface area contributed by atoms with Gasteiger partial charge in [-0.05, 0) is 67.3 Å². The van der Waals surface area contributed by atoms with Crippen LogP contribution < -0.4 is 15.7 Å². The number of hydrogen-bond donors (Lipinski definition) is 2. The van der Waals surface area contributed by atoms with E-state index in [2.05, 4.69) is 21.5 Å². The van der Waals surface area contributed by atoms with Gasteiger partial charge in [0.1, 0.15) is 11.5 Å². The molecule has 2 aliphatic heterocycles. The van der Waals surface area contributed by atoms with Crippen molar-refractivity contribution in [2.45, 2.75) is 32.4 Å². The van der Waals surface area contributed by atoms with Crippen LogP contribution in [0, 0.1) is 5.92 Å². The molecule has 5 rings (SSSR count). The normalized spacial score (nSPS) is 19.1. The van der Waals surface area contributed by atoms with Gasteiger partial charge in [-0.25, -0.2) is 5.43 Å². The fourth-order valence-electron chi connectivity index (χ4n) is 5.34. The number of aromatic nitrogens is 1. The fourth-order valence-corrected chi connectivity index (χ4v) is 5.34. The summed E-state index contributed by atoms with van der Waals surface area (Å²) in [6, 6.07) is 17.6. The summed E-state index contributed by atoms with van der Waals surface area (Å²) >= 11 is 0. The Morgan fingerprint density at radius 3 is 2.83 bits per heavy atom.